The summed E-state index contributed by atoms with van der Waals surface area (Å²) in [5.74, 6) is -0.477. The zero-order valence-electron chi connectivity index (χ0n) is 13.0. The van der Waals surface area contributed by atoms with E-state index in [1.807, 2.05) is 0 Å². The smallest absolute Gasteiger partial charge is 0.369 e. The van der Waals surface area contributed by atoms with E-state index in [2.05, 4.69) is 4.72 Å². The Morgan fingerprint density at radius 2 is 1.92 bits per heavy atom. The van der Waals surface area contributed by atoms with E-state index in [1.165, 1.54) is 0 Å². The number of primary amides is 1. The molecule has 140 valence electrons. The number of nitrogens with zero attached hydrogens (tertiary/aromatic N) is 1. The van der Waals surface area contributed by atoms with Gasteiger partial charge in [-0.1, -0.05) is 11.6 Å². The minimum absolute atomic E-state index is 0.0823. The number of hydrogen-bond donors (Lipinski definition) is 2. The summed E-state index contributed by atoms with van der Waals surface area (Å²) in [5.41, 5.74) is 4.01. The van der Waals surface area contributed by atoms with E-state index < -0.39 is 38.6 Å². The van der Waals surface area contributed by atoms with Gasteiger partial charge in [-0.05, 0) is 31.0 Å². The van der Waals surface area contributed by atoms with Crippen molar-refractivity contribution in [2.24, 2.45) is 5.73 Å². The first kappa shape index (κ1) is 20.0. The van der Waals surface area contributed by atoms with Crippen LogP contribution in [-0.4, -0.2) is 44.9 Å². The Balaban J connectivity index is 2.11. The number of carbonyl (C=O) groups excluding carboxylic acids is 1. The van der Waals surface area contributed by atoms with Crippen LogP contribution in [0.5, 0.6) is 0 Å². The largest absolute Gasteiger partial charge is 0.416 e. The summed E-state index contributed by atoms with van der Waals surface area (Å²) in [4.78, 5) is 12.1. The van der Waals surface area contributed by atoms with E-state index in [0.717, 1.165) is 12.1 Å². The highest BCUT2D eigenvalue weighted by Crippen LogP contribution is 2.33. The molecule has 6 nitrogen and oxygen atoms in total. The van der Waals surface area contributed by atoms with Gasteiger partial charge < -0.3 is 5.73 Å². The highest BCUT2D eigenvalue weighted by Gasteiger charge is 2.33. The average Bonchev–Trinajstić information content (AvgIpc) is 2.47. The Bertz CT molecular complexity index is 747. The molecule has 1 fully saturated rings. The van der Waals surface area contributed by atoms with Crippen molar-refractivity contribution in [3.8, 4) is 0 Å². The van der Waals surface area contributed by atoms with Gasteiger partial charge in [0.25, 0.3) is 0 Å². The maximum absolute atomic E-state index is 12.8. The van der Waals surface area contributed by atoms with Gasteiger partial charge in [-0.25, -0.2) is 13.1 Å². The molecule has 11 heteroatoms. The van der Waals surface area contributed by atoms with E-state index in [0.29, 0.717) is 32.0 Å². The van der Waals surface area contributed by atoms with E-state index in [4.69, 9.17) is 17.3 Å². The van der Waals surface area contributed by atoms with Crippen LogP contribution in [0.3, 0.4) is 0 Å². The molecular weight excluding hydrogens is 383 g/mol. The third kappa shape index (κ3) is 5.30. The lowest BCUT2D eigenvalue weighted by Gasteiger charge is -2.31. The normalized spacial score (nSPS) is 17.6. The van der Waals surface area contributed by atoms with Gasteiger partial charge in [0.15, 0.2) is 0 Å². The number of hydrogen-bond acceptors (Lipinski definition) is 4. The standard InChI is InChI=1S/C14H17ClF3N3O3S/c15-11-2-1-9(14(16,17)18)7-12(11)25(23,24)20-10-3-5-21(6-4-10)8-13(19)22/h1-2,7,10,20H,3-6,8H2,(H2,19,22). The van der Waals surface area contributed by atoms with Crippen LogP contribution in [0.1, 0.15) is 18.4 Å². The van der Waals surface area contributed by atoms with Gasteiger partial charge in [-0.3, -0.25) is 9.69 Å². The van der Waals surface area contributed by atoms with Crippen molar-refractivity contribution in [3.05, 3.63) is 28.8 Å². The molecule has 1 aliphatic rings. The SMILES string of the molecule is NC(=O)CN1CCC(NS(=O)(=O)c2cc(C(F)(F)F)ccc2Cl)CC1. The quantitative estimate of drug-likeness (QED) is 0.786. The summed E-state index contributed by atoms with van der Waals surface area (Å²) in [7, 11) is -4.21. The third-order valence-corrected chi connectivity index (χ3v) is 5.84. The minimum atomic E-state index is -4.67. The molecule has 2 rings (SSSR count). The van der Waals surface area contributed by atoms with Crippen molar-refractivity contribution >= 4 is 27.5 Å². The maximum atomic E-state index is 12.8. The topological polar surface area (TPSA) is 92.5 Å². The molecule has 0 aliphatic carbocycles. The molecule has 1 aliphatic heterocycles. The molecule has 1 heterocycles. The Morgan fingerprint density at radius 1 is 1.32 bits per heavy atom. The molecule has 0 radical (unpaired) electrons. The van der Waals surface area contributed by atoms with Gasteiger partial charge in [0.1, 0.15) is 4.90 Å². The van der Waals surface area contributed by atoms with Crippen LogP contribution in [0, 0.1) is 0 Å². The number of piperidine rings is 1. The number of carbonyl (C=O) groups is 1. The second-order valence-corrected chi connectivity index (χ2v) is 7.87. The molecular formula is C14H17ClF3N3O3S. The fourth-order valence-corrected chi connectivity index (χ4v) is 4.43. The summed E-state index contributed by atoms with van der Waals surface area (Å²) in [6, 6.07) is 1.70. The van der Waals surface area contributed by atoms with Gasteiger partial charge >= 0.3 is 6.18 Å². The van der Waals surface area contributed by atoms with Crippen molar-refractivity contribution < 1.29 is 26.4 Å². The fourth-order valence-electron chi connectivity index (χ4n) is 2.60. The minimum Gasteiger partial charge on any atom is -0.369 e. The number of likely N-dealkylation sites (tertiary alicyclic amines) is 1. The molecule has 1 amide bonds. The van der Waals surface area contributed by atoms with Crippen LogP contribution in [0.2, 0.25) is 5.02 Å². The molecule has 1 aromatic rings. The first-order chi connectivity index (χ1) is 11.5. The molecule has 1 saturated heterocycles. The van der Waals surface area contributed by atoms with Gasteiger partial charge in [-0.15, -0.1) is 0 Å². The van der Waals surface area contributed by atoms with E-state index in [1.54, 1.807) is 4.90 Å². The molecule has 0 unspecified atom stereocenters. The molecule has 0 saturated carbocycles. The third-order valence-electron chi connectivity index (χ3n) is 3.84. The summed E-state index contributed by atoms with van der Waals surface area (Å²) in [6.45, 7) is 0.984. The number of amides is 1. The first-order valence-electron chi connectivity index (χ1n) is 7.39. The Morgan fingerprint density at radius 3 is 2.44 bits per heavy atom. The van der Waals surface area contributed by atoms with Crippen LogP contribution in [0.25, 0.3) is 0 Å². The fraction of sp³-hybridized carbons (Fsp3) is 0.500. The average molecular weight is 400 g/mol. The van der Waals surface area contributed by atoms with Crippen LogP contribution in [0.15, 0.2) is 23.1 Å². The van der Waals surface area contributed by atoms with Gasteiger partial charge in [0, 0.05) is 19.1 Å². The van der Waals surface area contributed by atoms with E-state index in [-0.39, 0.29) is 11.6 Å². The summed E-state index contributed by atoms with van der Waals surface area (Å²) < 4.78 is 65.6. The highest BCUT2D eigenvalue weighted by atomic mass is 35.5. The Kier molecular flexibility index (Phi) is 5.97. The van der Waals surface area contributed by atoms with Crippen molar-refractivity contribution in [2.45, 2.75) is 30.0 Å². The van der Waals surface area contributed by atoms with Gasteiger partial charge in [-0.2, -0.15) is 13.2 Å². The highest BCUT2D eigenvalue weighted by molar-refractivity contribution is 7.89. The number of nitrogens with two attached hydrogens (primary N) is 1. The molecule has 25 heavy (non-hydrogen) atoms. The number of benzene rings is 1. The number of halogens is 4. The summed E-state index contributed by atoms with van der Waals surface area (Å²) in [5, 5.41) is -0.285. The van der Waals surface area contributed by atoms with Crippen molar-refractivity contribution in [3.63, 3.8) is 0 Å². The lowest BCUT2D eigenvalue weighted by Crippen LogP contribution is -2.46. The van der Waals surface area contributed by atoms with Crippen molar-refractivity contribution in [2.75, 3.05) is 19.6 Å². The molecule has 0 spiro atoms. The van der Waals surface area contributed by atoms with Crippen LogP contribution in [-0.2, 0) is 21.0 Å². The van der Waals surface area contributed by atoms with E-state index in [9.17, 15) is 26.4 Å². The second-order valence-electron chi connectivity index (χ2n) is 5.78. The number of rotatable bonds is 5. The van der Waals surface area contributed by atoms with Crippen molar-refractivity contribution in [1.82, 2.24) is 9.62 Å². The molecule has 0 aromatic heterocycles. The van der Waals surface area contributed by atoms with Gasteiger partial charge in [0.2, 0.25) is 15.9 Å². The van der Waals surface area contributed by atoms with Crippen LogP contribution >= 0.6 is 11.6 Å². The molecule has 3 N–H and O–H groups in total. The first-order valence-corrected chi connectivity index (χ1v) is 9.25. The molecule has 0 atom stereocenters. The lowest BCUT2D eigenvalue weighted by molar-refractivity contribution is -0.137. The van der Waals surface area contributed by atoms with Crippen molar-refractivity contribution in [1.29, 1.82) is 0 Å². The predicted octanol–water partition coefficient (Wildman–Crippen LogP) is 1.59. The Labute approximate surface area is 148 Å². The number of sulfonamides is 1. The lowest BCUT2D eigenvalue weighted by atomic mass is 10.1. The van der Waals surface area contributed by atoms with Crippen LogP contribution < -0.4 is 10.5 Å². The molecule has 0 bridgehead atoms. The number of nitrogens with one attached hydrogen (secondary N) is 1. The van der Waals surface area contributed by atoms with E-state index >= 15 is 0 Å². The zero-order valence-corrected chi connectivity index (χ0v) is 14.6. The summed E-state index contributed by atoms with van der Waals surface area (Å²) >= 11 is 5.78. The predicted molar refractivity (Wildman–Crippen MR) is 85.4 cm³/mol. The number of alkyl halides is 3. The van der Waals surface area contributed by atoms with Gasteiger partial charge in [0.05, 0.1) is 17.1 Å². The monoisotopic (exact) mass is 399 g/mol. The maximum Gasteiger partial charge on any atom is 0.416 e. The summed E-state index contributed by atoms with van der Waals surface area (Å²) in [6.07, 6.45) is -3.86. The molecule has 1 aromatic carbocycles. The zero-order chi connectivity index (χ0) is 18.8. The second kappa shape index (κ2) is 7.48. The Hall–Kier alpha value is -1.36. The van der Waals surface area contributed by atoms with Crippen LogP contribution in [0.4, 0.5) is 13.2 Å².